The first-order chi connectivity index (χ1) is 7.78. The van der Waals surface area contributed by atoms with E-state index in [-0.39, 0.29) is 0 Å². The van der Waals surface area contributed by atoms with Gasteiger partial charge in [0, 0.05) is 6.54 Å². The Labute approximate surface area is 96.1 Å². The first-order valence-corrected chi connectivity index (χ1v) is 5.97. The molecule has 0 bridgehead atoms. The van der Waals surface area contributed by atoms with Gasteiger partial charge in [0.25, 0.3) is 5.89 Å². The second-order valence-corrected chi connectivity index (χ2v) is 4.81. The molecule has 2 N–H and O–H groups in total. The largest absolute Gasteiger partial charge is 0.379 e. The summed E-state index contributed by atoms with van der Waals surface area (Å²) in [5.41, 5.74) is -0.998. The monoisotopic (exact) mass is 237 g/mol. The van der Waals surface area contributed by atoms with E-state index in [0.29, 0.717) is 24.7 Å². The molecule has 6 heteroatoms. The van der Waals surface area contributed by atoms with Crippen molar-refractivity contribution in [3.05, 3.63) is 23.4 Å². The number of nitrogens with one attached hydrogen (secondary N) is 1. The van der Waals surface area contributed by atoms with Gasteiger partial charge in [0.05, 0.1) is 4.88 Å². The van der Waals surface area contributed by atoms with E-state index >= 15 is 0 Å². The number of β-amino-alcohol motifs (C(OH)–C–C–N with tert-alkyl or cyclic N) is 1. The lowest BCUT2D eigenvalue weighted by Gasteiger charge is -2.14. The molecule has 1 atom stereocenters. The minimum absolute atomic E-state index is 0.306. The zero-order chi connectivity index (χ0) is 11.0. The Balaban J connectivity index is 1.93. The van der Waals surface area contributed by atoms with Crippen molar-refractivity contribution >= 4 is 11.3 Å². The first kappa shape index (κ1) is 9.95. The standard InChI is InChI=1S/C10H11N3O2S/c14-10(3-4-11-6-10)9-12-8(13-15-9)7-2-1-5-16-7/h1-2,5,11,14H,3-4,6H2. The van der Waals surface area contributed by atoms with E-state index in [1.807, 2.05) is 17.5 Å². The van der Waals surface area contributed by atoms with Gasteiger partial charge in [-0.15, -0.1) is 11.3 Å². The maximum absolute atomic E-state index is 10.2. The van der Waals surface area contributed by atoms with Gasteiger partial charge in [0.2, 0.25) is 5.82 Å². The van der Waals surface area contributed by atoms with Gasteiger partial charge in [-0.05, 0) is 24.4 Å². The van der Waals surface area contributed by atoms with Gasteiger partial charge in [-0.3, -0.25) is 0 Å². The molecule has 2 aromatic rings. The number of aromatic nitrogens is 2. The predicted octanol–water partition coefficient (Wildman–Crippen LogP) is 0.979. The molecule has 0 aliphatic carbocycles. The van der Waals surface area contributed by atoms with E-state index in [1.54, 1.807) is 11.3 Å². The Hall–Kier alpha value is -1.24. The highest BCUT2D eigenvalue weighted by Gasteiger charge is 2.38. The number of rotatable bonds is 2. The maximum atomic E-state index is 10.2. The van der Waals surface area contributed by atoms with Crippen molar-refractivity contribution in [3.8, 4) is 10.7 Å². The van der Waals surface area contributed by atoms with Crippen LogP contribution in [0.4, 0.5) is 0 Å². The van der Waals surface area contributed by atoms with Crippen LogP contribution in [0.3, 0.4) is 0 Å². The average molecular weight is 237 g/mol. The van der Waals surface area contributed by atoms with E-state index < -0.39 is 5.60 Å². The van der Waals surface area contributed by atoms with Crippen LogP contribution in [0.5, 0.6) is 0 Å². The Kier molecular flexibility index (Phi) is 2.27. The predicted molar refractivity (Wildman–Crippen MR) is 59.0 cm³/mol. The number of aliphatic hydroxyl groups is 1. The number of thiophene rings is 1. The van der Waals surface area contributed by atoms with Gasteiger partial charge in [0.1, 0.15) is 0 Å². The fraction of sp³-hybridized carbons (Fsp3) is 0.400. The van der Waals surface area contributed by atoms with Crippen molar-refractivity contribution in [2.24, 2.45) is 0 Å². The lowest BCUT2D eigenvalue weighted by Crippen LogP contribution is -2.28. The average Bonchev–Trinajstić information content (AvgIpc) is 2.98. The van der Waals surface area contributed by atoms with Gasteiger partial charge in [-0.1, -0.05) is 11.2 Å². The molecule has 0 amide bonds. The summed E-state index contributed by atoms with van der Waals surface area (Å²) in [6, 6.07) is 3.86. The van der Waals surface area contributed by atoms with Gasteiger partial charge in [-0.25, -0.2) is 0 Å². The maximum Gasteiger partial charge on any atom is 0.260 e. The Bertz CT molecular complexity index is 474. The molecule has 1 unspecified atom stereocenters. The molecule has 0 spiro atoms. The molecule has 5 nitrogen and oxygen atoms in total. The molecule has 1 saturated heterocycles. The van der Waals surface area contributed by atoms with Crippen LogP contribution in [0.15, 0.2) is 22.0 Å². The summed E-state index contributed by atoms with van der Waals surface area (Å²) in [6.45, 7) is 1.24. The van der Waals surface area contributed by atoms with Gasteiger partial charge >= 0.3 is 0 Å². The summed E-state index contributed by atoms with van der Waals surface area (Å²) < 4.78 is 5.13. The minimum Gasteiger partial charge on any atom is -0.379 e. The summed E-state index contributed by atoms with van der Waals surface area (Å²) >= 11 is 1.55. The molecule has 1 aliphatic heterocycles. The van der Waals surface area contributed by atoms with Crippen molar-refractivity contribution in [1.29, 1.82) is 0 Å². The first-order valence-electron chi connectivity index (χ1n) is 5.09. The highest BCUT2D eigenvalue weighted by atomic mass is 32.1. The van der Waals surface area contributed by atoms with E-state index in [9.17, 15) is 5.11 Å². The number of hydrogen-bond donors (Lipinski definition) is 2. The summed E-state index contributed by atoms with van der Waals surface area (Å²) in [6.07, 6.45) is 0.610. The zero-order valence-corrected chi connectivity index (χ0v) is 9.33. The lowest BCUT2D eigenvalue weighted by atomic mass is 10.0. The van der Waals surface area contributed by atoms with E-state index in [4.69, 9.17) is 4.52 Å². The summed E-state index contributed by atoms with van der Waals surface area (Å²) in [5, 5.41) is 19.1. The zero-order valence-electron chi connectivity index (χ0n) is 8.51. The number of nitrogens with zero attached hydrogens (tertiary/aromatic N) is 2. The third kappa shape index (κ3) is 1.55. The smallest absolute Gasteiger partial charge is 0.260 e. The quantitative estimate of drug-likeness (QED) is 0.814. The lowest BCUT2D eigenvalue weighted by molar-refractivity contribution is 0.0243. The van der Waals surface area contributed by atoms with Crippen LogP contribution in [0.2, 0.25) is 0 Å². The van der Waals surface area contributed by atoms with Gasteiger partial charge in [-0.2, -0.15) is 4.98 Å². The number of hydrogen-bond acceptors (Lipinski definition) is 6. The van der Waals surface area contributed by atoms with Crippen LogP contribution in [-0.4, -0.2) is 28.3 Å². The van der Waals surface area contributed by atoms with Crippen LogP contribution >= 0.6 is 11.3 Å². The third-order valence-corrected chi connectivity index (χ3v) is 3.56. The van der Waals surface area contributed by atoms with Crippen LogP contribution in [0, 0.1) is 0 Å². The molecular formula is C10H11N3O2S. The van der Waals surface area contributed by atoms with Crippen LogP contribution < -0.4 is 5.32 Å². The molecule has 3 rings (SSSR count). The topological polar surface area (TPSA) is 71.2 Å². The minimum atomic E-state index is -0.998. The van der Waals surface area contributed by atoms with Gasteiger partial charge in [0.15, 0.2) is 5.60 Å². The SMILES string of the molecule is OC1(c2nc(-c3cccs3)no2)CCNC1. The Morgan fingerprint density at radius 1 is 1.56 bits per heavy atom. The molecular weight excluding hydrogens is 226 g/mol. The highest BCUT2D eigenvalue weighted by Crippen LogP contribution is 2.29. The Morgan fingerprint density at radius 2 is 2.50 bits per heavy atom. The van der Waals surface area contributed by atoms with E-state index in [1.165, 1.54) is 0 Å². The molecule has 16 heavy (non-hydrogen) atoms. The van der Waals surface area contributed by atoms with Crippen molar-refractivity contribution in [3.63, 3.8) is 0 Å². The third-order valence-electron chi connectivity index (χ3n) is 2.70. The molecule has 3 heterocycles. The normalized spacial score (nSPS) is 25.1. The fourth-order valence-corrected chi connectivity index (χ4v) is 2.43. The second kappa shape index (κ2) is 3.65. The van der Waals surface area contributed by atoms with Crippen molar-refractivity contribution in [2.45, 2.75) is 12.0 Å². The van der Waals surface area contributed by atoms with Crippen LogP contribution in [0.25, 0.3) is 10.7 Å². The molecule has 84 valence electrons. The van der Waals surface area contributed by atoms with Crippen molar-refractivity contribution in [1.82, 2.24) is 15.5 Å². The fourth-order valence-electron chi connectivity index (χ4n) is 1.78. The molecule has 0 saturated carbocycles. The summed E-state index contributed by atoms with van der Waals surface area (Å²) in [7, 11) is 0. The molecule has 0 radical (unpaired) electrons. The molecule has 0 aromatic carbocycles. The second-order valence-electron chi connectivity index (χ2n) is 3.86. The van der Waals surface area contributed by atoms with Crippen molar-refractivity contribution < 1.29 is 9.63 Å². The molecule has 1 fully saturated rings. The summed E-state index contributed by atoms with van der Waals surface area (Å²) in [5.74, 6) is 0.853. The van der Waals surface area contributed by atoms with E-state index in [2.05, 4.69) is 15.5 Å². The van der Waals surface area contributed by atoms with Crippen molar-refractivity contribution in [2.75, 3.05) is 13.1 Å². The van der Waals surface area contributed by atoms with Crippen LogP contribution in [0.1, 0.15) is 12.3 Å². The molecule has 2 aromatic heterocycles. The van der Waals surface area contributed by atoms with Gasteiger partial charge < -0.3 is 14.9 Å². The van der Waals surface area contributed by atoms with Crippen LogP contribution in [-0.2, 0) is 5.60 Å². The van der Waals surface area contributed by atoms with E-state index in [0.717, 1.165) is 11.4 Å². The summed E-state index contributed by atoms with van der Waals surface area (Å²) in [4.78, 5) is 5.20. The molecule has 1 aliphatic rings. The Morgan fingerprint density at radius 3 is 3.19 bits per heavy atom. The highest BCUT2D eigenvalue weighted by molar-refractivity contribution is 7.13.